The minimum atomic E-state index is 0.601. The molecule has 1 atom stereocenters. The van der Waals surface area contributed by atoms with Crippen molar-refractivity contribution < 1.29 is 0 Å². The summed E-state index contributed by atoms with van der Waals surface area (Å²) in [6.45, 7) is 3.26. The standard InChI is InChI=1S/C10H14BrNS/c1-8(7-12-2)13-10-6-4-3-5-9(10)11/h3-6,8,12H,7H2,1-2H3. The lowest BCUT2D eigenvalue weighted by molar-refractivity contribution is 0.785. The largest absolute Gasteiger partial charge is 0.319 e. The van der Waals surface area contributed by atoms with E-state index in [0.717, 1.165) is 6.54 Å². The number of thioether (sulfide) groups is 1. The van der Waals surface area contributed by atoms with Gasteiger partial charge >= 0.3 is 0 Å². The second kappa shape index (κ2) is 5.68. The first kappa shape index (κ1) is 11.1. The quantitative estimate of drug-likeness (QED) is 0.835. The van der Waals surface area contributed by atoms with E-state index in [4.69, 9.17) is 0 Å². The van der Waals surface area contributed by atoms with Crippen LogP contribution < -0.4 is 5.32 Å². The van der Waals surface area contributed by atoms with Gasteiger partial charge in [0.05, 0.1) is 0 Å². The van der Waals surface area contributed by atoms with E-state index in [9.17, 15) is 0 Å². The molecule has 0 amide bonds. The molecule has 0 aliphatic rings. The SMILES string of the molecule is CNCC(C)Sc1ccccc1Br. The van der Waals surface area contributed by atoms with Crippen LogP contribution in [-0.2, 0) is 0 Å². The molecule has 0 spiro atoms. The summed E-state index contributed by atoms with van der Waals surface area (Å²) in [7, 11) is 1.98. The predicted octanol–water partition coefficient (Wildman–Crippen LogP) is 3.15. The summed E-state index contributed by atoms with van der Waals surface area (Å²) in [5.41, 5.74) is 0. The van der Waals surface area contributed by atoms with Crippen molar-refractivity contribution >= 4 is 27.7 Å². The third-order valence-corrected chi connectivity index (χ3v) is 3.79. The summed E-state index contributed by atoms with van der Waals surface area (Å²) < 4.78 is 1.18. The first-order chi connectivity index (χ1) is 6.24. The molecular formula is C10H14BrNS. The van der Waals surface area contributed by atoms with Crippen LogP contribution in [0.25, 0.3) is 0 Å². The fourth-order valence-electron chi connectivity index (χ4n) is 1.09. The molecule has 0 heterocycles. The molecular weight excluding hydrogens is 246 g/mol. The second-order valence-electron chi connectivity index (χ2n) is 2.92. The lowest BCUT2D eigenvalue weighted by atomic mass is 10.4. The summed E-state index contributed by atoms with van der Waals surface area (Å²) in [6, 6.07) is 8.32. The van der Waals surface area contributed by atoms with Gasteiger partial charge in [-0.1, -0.05) is 19.1 Å². The van der Waals surface area contributed by atoms with E-state index in [1.807, 2.05) is 24.9 Å². The number of hydrogen-bond acceptors (Lipinski definition) is 2. The van der Waals surface area contributed by atoms with Gasteiger partial charge < -0.3 is 5.32 Å². The van der Waals surface area contributed by atoms with Crippen molar-refractivity contribution in [3.63, 3.8) is 0 Å². The Hall–Kier alpha value is 0.01000. The summed E-state index contributed by atoms with van der Waals surface area (Å²) in [6.07, 6.45) is 0. The van der Waals surface area contributed by atoms with E-state index in [0.29, 0.717) is 5.25 Å². The summed E-state index contributed by atoms with van der Waals surface area (Å²) in [5, 5.41) is 3.77. The van der Waals surface area contributed by atoms with Gasteiger partial charge in [-0.25, -0.2) is 0 Å². The number of benzene rings is 1. The van der Waals surface area contributed by atoms with Crippen molar-refractivity contribution in [1.82, 2.24) is 5.32 Å². The highest BCUT2D eigenvalue weighted by Crippen LogP contribution is 2.29. The van der Waals surface area contributed by atoms with Crippen molar-refractivity contribution in [2.45, 2.75) is 17.1 Å². The highest BCUT2D eigenvalue weighted by Gasteiger charge is 2.05. The third kappa shape index (κ3) is 3.71. The van der Waals surface area contributed by atoms with Gasteiger partial charge in [-0.2, -0.15) is 0 Å². The Bertz CT molecular complexity index is 265. The van der Waals surface area contributed by atoms with Gasteiger partial charge in [-0.3, -0.25) is 0 Å². The van der Waals surface area contributed by atoms with Crippen molar-refractivity contribution in [2.75, 3.05) is 13.6 Å². The van der Waals surface area contributed by atoms with E-state index < -0.39 is 0 Å². The van der Waals surface area contributed by atoms with Gasteiger partial charge in [-0.05, 0) is 35.1 Å². The third-order valence-electron chi connectivity index (χ3n) is 1.66. The van der Waals surface area contributed by atoms with Crippen molar-refractivity contribution in [3.05, 3.63) is 28.7 Å². The number of hydrogen-bond donors (Lipinski definition) is 1. The average molecular weight is 260 g/mol. The molecule has 0 saturated carbocycles. The summed E-state index contributed by atoms with van der Waals surface area (Å²) in [4.78, 5) is 1.31. The minimum absolute atomic E-state index is 0.601. The lowest BCUT2D eigenvalue weighted by Crippen LogP contribution is -2.17. The topological polar surface area (TPSA) is 12.0 Å². The van der Waals surface area contributed by atoms with Crippen LogP contribution in [0.15, 0.2) is 33.6 Å². The molecule has 72 valence electrons. The maximum Gasteiger partial charge on any atom is 0.0311 e. The minimum Gasteiger partial charge on any atom is -0.319 e. The predicted molar refractivity (Wildman–Crippen MR) is 63.4 cm³/mol. The van der Waals surface area contributed by atoms with Gasteiger partial charge in [0.1, 0.15) is 0 Å². The lowest BCUT2D eigenvalue weighted by Gasteiger charge is -2.11. The van der Waals surface area contributed by atoms with Crippen LogP contribution in [-0.4, -0.2) is 18.8 Å². The molecule has 0 saturated heterocycles. The molecule has 3 heteroatoms. The normalized spacial score (nSPS) is 12.8. The Labute approximate surface area is 92.4 Å². The smallest absolute Gasteiger partial charge is 0.0311 e. The molecule has 0 aromatic heterocycles. The maximum atomic E-state index is 3.53. The highest BCUT2D eigenvalue weighted by molar-refractivity contribution is 9.10. The van der Waals surface area contributed by atoms with E-state index >= 15 is 0 Å². The molecule has 1 N–H and O–H groups in total. The van der Waals surface area contributed by atoms with Gasteiger partial charge in [0.25, 0.3) is 0 Å². The molecule has 0 aliphatic heterocycles. The van der Waals surface area contributed by atoms with Crippen LogP contribution >= 0.6 is 27.7 Å². The zero-order valence-electron chi connectivity index (χ0n) is 7.88. The molecule has 0 bridgehead atoms. The van der Waals surface area contributed by atoms with Gasteiger partial charge in [0, 0.05) is 21.2 Å². The molecule has 13 heavy (non-hydrogen) atoms. The molecule has 1 aromatic rings. The van der Waals surface area contributed by atoms with E-state index in [2.05, 4.69) is 46.4 Å². The van der Waals surface area contributed by atoms with Crippen LogP contribution in [0.3, 0.4) is 0 Å². The first-order valence-corrected chi connectivity index (χ1v) is 5.97. The van der Waals surface area contributed by atoms with Crippen LogP contribution in [0.1, 0.15) is 6.92 Å². The zero-order valence-corrected chi connectivity index (χ0v) is 10.3. The highest BCUT2D eigenvalue weighted by atomic mass is 79.9. The molecule has 1 nitrogen and oxygen atoms in total. The van der Waals surface area contributed by atoms with Gasteiger partial charge in [0.15, 0.2) is 0 Å². The monoisotopic (exact) mass is 259 g/mol. The maximum absolute atomic E-state index is 3.53. The zero-order chi connectivity index (χ0) is 9.68. The Kier molecular flexibility index (Phi) is 4.84. The van der Waals surface area contributed by atoms with Crippen molar-refractivity contribution in [1.29, 1.82) is 0 Å². The van der Waals surface area contributed by atoms with E-state index in [-0.39, 0.29) is 0 Å². The average Bonchev–Trinajstić information content (AvgIpc) is 2.09. The van der Waals surface area contributed by atoms with Crippen LogP contribution in [0.4, 0.5) is 0 Å². The number of rotatable bonds is 4. The molecule has 1 unspecified atom stereocenters. The van der Waals surface area contributed by atoms with Crippen molar-refractivity contribution in [3.8, 4) is 0 Å². The second-order valence-corrected chi connectivity index (χ2v) is 5.25. The fourth-order valence-corrected chi connectivity index (χ4v) is 2.67. The Morgan fingerprint density at radius 1 is 1.46 bits per heavy atom. The number of halogens is 1. The van der Waals surface area contributed by atoms with Gasteiger partial charge in [0.2, 0.25) is 0 Å². The van der Waals surface area contributed by atoms with E-state index in [1.54, 1.807) is 0 Å². The van der Waals surface area contributed by atoms with Crippen LogP contribution in [0.2, 0.25) is 0 Å². The Morgan fingerprint density at radius 3 is 2.77 bits per heavy atom. The molecule has 1 rings (SSSR count). The van der Waals surface area contributed by atoms with Crippen LogP contribution in [0, 0.1) is 0 Å². The molecule has 0 aliphatic carbocycles. The number of nitrogens with one attached hydrogen (secondary N) is 1. The van der Waals surface area contributed by atoms with Gasteiger partial charge in [-0.15, -0.1) is 11.8 Å². The van der Waals surface area contributed by atoms with Crippen molar-refractivity contribution in [2.24, 2.45) is 0 Å². The first-order valence-electron chi connectivity index (χ1n) is 4.30. The molecule has 1 aromatic carbocycles. The van der Waals surface area contributed by atoms with Crippen LogP contribution in [0.5, 0.6) is 0 Å². The van der Waals surface area contributed by atoms with E-state index in [1.165, 1.54) is 9.37 Å². The summed E-state index contributed by atoms with van der Waals surface area (Å²) in [5.74, 6) is 0. The molecule has 0 fully saturated rings. The fraction of sp³-hybridized carbons (Fsp3) is 0.400. The Morgan fingerprint density at radius 2 is 2.15 bits per heavy atom. The molecule has 0 radical (unpaired) electrons. The Balaban J connectivity index is 2.58. The summed E-state index contributed by atoms with van der Waals surface area (Å²) >= 11 is 5.42.